The van der Waals surface area contributed by atoms with Crippen LogP contribution in [0.1, 0.15) is 24.0 Å². The van der Waals surface area contributed by atoms with Gasteiger partial charge in [-0.15, -0.1) is 0 Å². The molecule has 17 heavy (non-hydrogen) atoms. The van der Waals surface area contributed by atoms with Crippen LogP contribution in [0.5, 0.6) is 0 Å². The first kappa shape index (κ1) is 13.0. The van der Waals surface area contributed by atoms with E-state index >= 15 is 0 Å². The van der Waals surface area contributed by atoms with Gasteiger partial charge >= 0.3 is 0 Å². The molecule has 4 heteroatoms. The fourth-order valence-corrected chi connectivity index (χ4v) is 1.45. The summed E-state index contributed by atoms with van der Waals surface area (Å²) in [6, 6.07) is 9.19. The van der Waals surface area contributed by atoms with Crippen LogP contribution < -0.4 is 5.32 Å². The van der Waals surface area contributed by atoms with Gasteiger partial charge in [-0.05, 0) is 31.0 Å². The molecule has 0 unspecified atom stereocenters. The van der Waals surface area contributed by atoms with E-state index in [9.17, 15) is 0 Å². The lowest BCUT2D eigenvalue weighted by Crippen LogP contribution is -2.03. The Labute approximate surface area is 101 Å². The zero-order chi connectivity index (χ0) is 12.5. The Morgan fingerprint density at radius 3 is 2.59 bits per heavy atom. The first-order valence-electron chi connectivity index (χ1n) is 5.49. The van der Waals surface area contributed by atoms with Crippen molar-refractivity contribution in [3.8, 4) is 12.1 Å². The molecule has 0 aliphatic heterocycles. The summed E-state index contributed by atoms with van der Waals surface area (Å²) in [7, 11) is 1.69. The Kier molecular flexibility index (Phi) is 5.57. The van der Waals surface area contributed by atoms with E-state index in [-0.39, 0.29) is 0 Å². The van der Waals surface area contributed by atoms with Gasteiger partial charge in [0.05, 0.1) is 11.1 Å². The average molecular weight is 229 g/mol. The molecule has 1 N–H and O–H groups in total. The SMILES string of the molecule is COCCCCNc1ccc(C#N)c(C#N)c1. The van der Waals surface area contributed by atoms with E-state index in [0.717, 1.165) is 31.7 Å². The van der Waals surface area contributed by atoms with Crippen LogP contribution in [0.2, 0.25) is 0 Å². The average Bonchev–Trinajstić information content (AvgIpc) is 2.38. The minimum absolute atomic E-state index is 0.411. The lowest BCUT2D eigenvalue weighted by atomic mass is 10.1. The van der Waals surface area contributed by atoms with Crippen LogP contribution in [0.25, 0.3) is 0 Å². The molecule has 0 aliphatic carbocycles. The molecule has 0 saturated heterocycles. The Balaban J connectivity index is 2.50. The monoisotopic (exact) mass is 229 g/mol. The van der Waals surface area contributed by atoms with E-state index in [1.807, 2.05) is 18.2 Å². The first-order chi connectivity index (χ1) is 8.31. The van der Waals surface area contributed by atoms with Crippen LogP contribution in [-0.4, -0.2) is 20.3 Å². The van der Waals surface area contributed by atoms with Gasteiger partial charge in [-0.2, -0.15) is 10.5 Å². The number of rotatable bonds is 6. The number of unbranched alkanes of at least 4 members (excludes halogenated alkanes) is 1. The summed E-state index contributed by atoms with van der Waals surface area (Å²) in [6.45, 7) is 1.60. The van der Waals surface area contributed by atoms with Crippen LogP contribution in [-0.2, 0) is 4.74 Å². The topological polar surface area (TPSA) is 68.8 Å². The van der Waals surface area contributed by atoms with Gasteiger partial charge in [0, 0.05) is 25.9 Å². The molecular weight excluding hydrogens is 214 g/mol. The smallest absolute Gasteiger partial charge is 0.101 e. The fraction of sp³-hybridized carbons (Fsp3) is 0.385. The number of hydrogen-bond acceptors (Lipinski definition) is 4. The van der Waals surface area contributed by atoms with E-state index in [0.29, 0.717) is 11.1 Å². The Morgan fingerprint density at radius 2 is 1.94 bits per heavy atom. The van der Waals surface area contributed by atoms with Crippen LogP contribution in [0.3, 0.4) is 0 Å². The second-order valence-corrected chi connectivity index (χ2v) is 3.61. The van der Waals surface area contributed by atoms with Crippen molar-refractivity contribution in [3.63, 3.8) is 0 Å². The Bertz CT molecular complexity index is 443. The van der Waals surface area contributed by atoms with Crippen molar-refractivity contribution in [3.05, 3.63) is 29.3 Å². The summed E-state index contributed by atoms with van der Waals surface area (Å²) in [5.74, 6) is 0. The lowest BCUT2D eigenvalue weighted by Gasteiger charge is -2.06. The third-order valence-electron chi connectivity index (χ3n) is 2.36. The lowest BCUT2D eigenvalue weighted by molar-refractivity contribution is 0.194. The minimum atomic E-state index is 0.411. The van der Waals surface area contributed by atoms with Crippen molar-refractivity contribution < 1.29 is 4.74 Å². The van der Waals surface area contributed by atoms with E-state index in [4.69, 9.17) is 15.3 Å². The number of anilines is 1. The maximum Gasteiger partial charge on any atom is 0.101 e. The number of nitrogens with zero attached hydrogens (tertiary/aromatic N) is 2. The summed E-state index contributed by atoms with van der Waals surface area (Å²) >= 11 is 0. The zero-order valence-electron chi connectivity index (χ0n) is 9.86. The maximum atomic E-state index is 8.87. The van der Waals surface area contributed by atoms with Crippen molar-refractivity contribution in [2.24, 2.45) is 0 Å². The molecule has 0 aliphatic rings. The van der Waals surface area contributed by atoms with E-state index < -0.39 is 0 Å². The van der Waals surface area contributed by atoms with Gasteiger partial charge in [0.1, 0.15) is 12.1 Å². The molecule has 0 aromatic heterocycles. The van der Waals surface area contributed by atoms with Crippen LogP contribution in [0.15, 0.2) is 18.2 Å². The molecule has 1 rings (SSSR count). The maximum absolute atomic E-state index is 8.87. The molecule has 0 fully saturated rings. The van der Waals surface area contributed by atoms with Crippen molar-refractivity contribution in [1.29, 1.82) is 10.5 Å². The van der Waals surface area contributed by atoms with Crippen molar-refractivity contribution in [2.45, 2.75) is 12.8 Å². The molecule has 4 nitrogen and oxygen atoms in total. The molecule has 0 saturated carbocycles. The van der Waals surface area contributed by atoms with Crippen molar-refractivity contribution in [1.82, 2.24) is 0 Å². The number of nitriles is 2. The summed E-state index contributed by atoms with van der Waals surface area (Å²) in [5, 5.41) is 20.9. The minimum Gasteiger partial charge on any atom is -0.385 e. The highest BCUT2D eigenvalue weighted by Crippen LogP contribution is 2.14. The molecule has 0 heterocycles. The van der Waals surface area contributed by atoms with Crippen LogP contribution >= 0.6 is 0 Å². The summed E-state index contributed by atoms with van der Waals surface area (Å²) in [4.78, 5) is 0. The van der Waals surface area contributed by atoms with E-state index in [2.05, 4.69) is 5.32 Å². The van der Waals surface area contributed by atoms with Gasteiger partial charge < -0.3 is 10.1 Å². The number of nitrogens with one attached hydrogen (secondary N) is 1. The fourth-order valence-electron chi connectivity index (χ4n) is 1.45. The largest absolute Gasteiger partial charge is 0.385 e. The molecule has 88 valence electrons. The van der Waals surface area contributed by atoms with Gasteiger partial charge in [0.2, 0.25) is 0 Å². The first-order valence-corrected chi connectivity index (χ1v) is 5.49. The van der Waals surface area contributed by atoms with E-state index in [1.165, 1.54) is 0 Å². The molecule has 1 aromatic carbocycles. The Morgan fingerprint density at radius 1 is 1.18 bits per heavy atom. The van der Waals surface area contributed by atoms with Crippen LogP contribution in [0.4, 0.5) is 5.69 Å². The molecule has 0 spiro atoms. The molecular formula is C13H15N3O. The highest BCUT2D eigenvalue weighted by atomic mass is 16.5. The van der Waals surface area contributed by atoms with Gasteiger partial charge in [0.25, 0.3) is 0 Å². The van der Waals surface area contributed by atoms with Crippen molar-refractivity contribution in [2.75, 3.05) is 25.6 Å². The highest BCUT2D eigenvalue weighted by molar-refractivity contribution is 5.56. The van der Waals surface area contributed by atoms with Gasteiger partial charge in [-0.3, -0.25) is 0 Å². The molecule has 1 aromatic rings. The number of hydrogen-bond donors (Lipinski definition) is 1. The number of methoxy groups -OCH3 is 1. The summed E-state index contributed by atoms with van der Waals surface area (Å²) in [5.41, 5.74) is 1.70. The second kappa shape index (κ2) is 7.27. The van der Waals surface area contributed by atoms with Crippen molar-refractivity contribution >= 4 is 5.69 Å². The van der Waals surface area contributed by atoms with Crippen LogP contribution in [0, 0.1) is 22.7 Å². The van der Waals surface area contributed by atoms with Gasteiger partial charge in [0.15, 0.2) is 0 Å². The standard InChI is InChI=1S/C13H15N3O/c1-17-7-3-2-6-16-13-5-4-11(9-14)12(8-13)10-15/h4-5,8,16H,2-3,6-7H2,1H3. The van der Waals surface area contributed by atoms with Gasteiger partial charge in [-0.1, -0.05) is 0 Å². The number of ether oxygens (including phenoxy) is 1. The summed E-state index contributed by atoms with van der Waals surface area (Å²) < 4.78 is 4.95. The predicted octanol–water partition coefficient (Wildman–Crippen LogP) is 2.27. The second-order valence-electron chi connectivity index (χ2n) is 3.61. The highest BCUT2D eigenvalue weighted by Gasteiger charge is 2.02. The molecule has 0 bridgehead atoms. The van der Waals surface area contributed by atoms with E-state index in [1.54, 1.807) is 19.2 Å². The predicted molar refractivity (Wildman–Crippen MR) is 65.5 cm³/mol. The third kappa shape index (κ3) is 4.14. The molecule has 0 amide bonds. The molecule has 0 radical (unpaired) electrons. The summed E-state index contributed by atoms with van der Waals surface area (Å²) in [6.07, 6.45) is 2.01. The van der Waals surface area contributed by atoms with Gasteiger partial charge in [-0.25, -0.2) is 0 Å². The normalized spacial score (nSPS) is 9.35. The molecule has 0 atom stereocenters. The number of benzene rings is 1. The zero-order valence-corrected chi connectivity index (χ0v) is 9.86. The third-order valence-corrected chi connectivity index (χ3v) is 2.36. The quantitative estimate of drug-likeness (QED) is 0.760. The Hall–Kier alpha value is -2.04.